The van der Waals surface area contributed by atoms with E-state index < -0.39 is 53.4 Å². The van der Waals surface area contributed by atoms with Gasteiger partial charge in [0.2, 0.25) is 11.8 Å². The second kappa shape index (κ2) is 18.6. The number of carboxylic acid groups (broad SMARTS) is 1. The van der Waals surface area contributed by atoms with E-state index in [0.29, 0.717) is 35.7 Å². The molecule has 1 aliphatic rings. The van der Waals surface area contributed by atoms with Crippen LogP contribution in [0.4, 0.5) is 9.59 Å². The summed E-state index contributed by atoms with van der Waals surface area (Å²) in [6.45, 7) is 9.76. The Morgan fingerprint density at radius 1 is 1.02 bits per heavy atom. The molecule has 0 bridgehead atoms. The fraction of sp³-hybridized carbons (Fsp3) is 0.629. The summed E-state index contributed by atoms with van der Waals surface area (Å²) in [6.07, 6.45) is 5.62. The van der Waals surface area contributed by atoms with Gasteiger partial charge in [-0.3, -0.25) is 14.2 Å². The van der Waals surface area contributed by atoms with Gasteiger partial charge in [-0.1, -0.05) is 65.7 Å². The van der Waals surface area contributed by atoms with Crippen molar-refractivity contribution >= 4 is 40.8 Å². The molecule has 5 atom stereocenters. The number of carboxylic acids is 1. The SMILES string of the molecule is [2H]C[C@@H]1CCC[C@H](CC)N1C(=O)N[C@@H](CC(C)(C)C)C(=O)N[C@H](Cc1cn(C(=O)OC)c2ccccc12)C(=O)N[C@H](CCCC)C(=O)[O-].[Na+]. The fourth-order valence-electron chi connectivity index (χ4n) is 6.24. The minimum Gasteiger partial charge on any atom is -0.548 e. The number of nitrogens with one attached hydrogen (secondary N) is 3. The molecule has 13 heteroatoms. The van der Waals surface area contributed by atoms with Crippen LogP contribution in [0.15, 0.2) is 30.5 Å². The number of fused-ring (bicyclic) bond motifs is 1. The molecule has 1 aromatic carbocycles. The van der Waals surface area contributed by atoms with Crippen molar-refractivity contribution in [1.29, 1.82) is 0 Å². The first-order valence-electron chi connectivity index (χ1n) is 17.3. The molecule has 260 valence electrons. The molecular weight excluding hydrogens is 625 g/mol. The van der Waals surface area contributed by atoms with Crippen LogP contribution in [0.2, 0.25) is 0 Å². The number of carbonyl (C=O) groups is 5. The molecule has 1 aliphatic heterocycles. The Bertz CT molecular complexity index is 1430. The second-order valence-corrected chi connectivity index (χ2v) is 13.6. The quantitative estimate of drug-likeness (QED) is 0.265. The molecule has 0 radical (unpaired) electrons. The van der Waals surface area contributed by atoms with Crippen molar-refractivity contribution in [3.05, 3.63) is 36.0 Å². The first-order valence-corrected chi connectivity index (χ1v) is 16.6. The molecule has 0 saturated carbocycles. The summed E-state index contributed by atoms with van der Waals surface area (Å²) in [5.41, 5.74) is 0.681. The predicted octanol–water partition coefficient (Wildman–Crippen LogP) is 0.879. The Labute approximate surface area is 307 Å². The molecule has 48 heavy (non-hydrogen) atoms. The van der Waals surface area contributed by atoms with E-state index >= 15 is 0 Å². The van der Waals surface area contributed by atoms with Crippen LogP contribution in [0.3, 0.4) is 0 Å². The van der Waals surface area contributed by atoms with E-state index in [9.17, 15) is 29.1 Å². The van der Waals surface area contributed by atoms with E-state index in [4.69, 9.17) is 6.11 Å². The minimum atomic E-state index is -1.43. The zero-order valence-electron chi connectivity index (χ0n) is 30.6. The molecule has 12 nitrogen and oxygen atoms in total. The fourth-order valence-corrected chi connectivity index (χ4v) is 6.24. The van der Waals surface area contributed by atoms with Gasteiger partial charge in [0, 0.05) is 31.5 Å². The largest absolute Gasteiger partial charge is 1.00 e. The number of carbonyl (C=O) groups excluding carboxylic acids is 5. The van der Waals surface area contributed by atoms with Crippen molar-refractivity contribution < 1.29 is 64.7 Å². The van der Waals surface area contributed by atoms with Gasteiger partial charge < -0.3 is 35.5 Å². The minimum absolute atomic E-state index is 0. The Kier molecular flexibility index (Phi) is 15.3. The Hall–Kier alpha value is -3.09. The van der Waals surface area contributed by atoms with Gasteiger partial charge in [-0.2, -0.15) is 0 Å². The smallest absolute Gasteiger partial charge is 0.548 e. The number of nitrogens with zero attached hydrogens (tertiary/aromatic N) is 2. The average molecular weight is 679 g/mol. The number of benzene rings is 1. The Balaban J connectivity index is 0.00000833. The van der Waals surface area contributed by atoms with Crippen molar-refractivity contribution in [2.75, 3.05) is 7.11 Å². The maximum atomic E-state index is 14.1. The number of rotatable bonds is 13. The van der Waals surface area contributed by atoms with E-state index in [1.807, 2.05) is 34.6 Å². The summed E-state index contributed by atoms with van der Waals surface area (Å²) in [4.78, 5) is 67.9. The van der Waals surface area contributed by atoms with E-state index in [-0.39, 0.29) is 67.8 Å². The molecule has 1 aromatic heterocycles. The molecule has 4 amide bonds. The maximum absolute atomic E-state index is 14.1. The number of aromatic nitrogens is 1. The zero-order chi connectivity index (χ0) is 35.6. The summed E-state index contributed by atoms with van der Waals surface area (Å²) >= 11 is 0. The molecule has 0 spiro atoms. The average Bonchev–Trinajstić information content (AvgIpc) is 3.42. The van der Waals surface area contributed by atoms with E-state index in [1.165, 1.54) is 17.9 Å². The van der Waals surface area contributed by atoms with E-state index in [2.05, 4.69) is 16.0 Å². The van der Waals surface area contributed by atoms with Gasteiger partial charge >= 0.3 is 41.7 Å². The molecule has 2 heterocycles. The first-order chi connectivity index (χ1) is 22.7. The molecular formula is C35H52N5NaO7. The second-order valence-electron chi connectivity index (χ2n) is 13.6. The molecule has 0 unspecified atom stereocenters. The summed E-state index contributed by atoms with van der Waals surface area (Å²) in [5, 5.41) is 20.8. The summed E-state index contributed by atoms with van der Waals surface area (Å²) in [6, 6.07) is 2.72. The van der Waals surface area contributed by atoms with Gasteiger partial charge in [0.05, 0.1) is 24.6 Å². The van der Waals surface area contributed by atoms with Crippen LogP contribution in [0.1, 0.15) is 99.8 Å². The molecule has 2 aromatic rings. The number of unbranched alkanes of at least 4 members (excludes halogenated alkanes) is 1. The van der Waals surface area contributed by atoms with Crippen molar-refractivity contribution in [2.24, 2.45) is 5.41 Å². The summed E-state index contributed by atoms with van der Waals surface area (Å²) < 4.78 is 14.3. The zero-order valence-corrected chi connectivity index (χ0v) is 31.6. The number of methoxy groups -OCH3 is 1. The number of ether oxygens (including phenoxy) is 1. The number of hydrogen-bond acceptors (Lipinski definition) is 7. The molecule has 0 aliphatic carbocycles. The van der Waals surface area contributed by atoms with Crippen molar-refractivity contribution in [2.45, 2.75) is 130 Å². The third-order valence-electron chi connectivity index (χ3n) is 8.67. The van der Waals surface area contributed by atoms with Gasteiger partial charge in [-0.25, -0.2) is 9.59 Å². The maximum Gasteiger partial charge on any atom is 1.00 e. The third-order valence-corrected chi connectivity index (χ3v) is 8.67. The van der Waals surface area contributed by atoms with Gasteiger partial charge in [-0.05, 0) is 62.5 Å². The standard InChI is InChI=1S/C35H53N5O7.Na/c1-8-10-17-26(32(43)44)36-30(41)27(19-23-21-39(34(46)47-7)29-18-12-11-16-25(23)29)37-31(42)28(20-35(4,5)6)38-33(45)40-22(3)14-13-15-24(40)9-2;/h11-12,16,18,21-22,24,26-28H,8-10,13-15,17,19-20H2,1-7H3,(H,36,41)(H,37,42)(H,38,45)(H,43,44);/q;+1/p-1/t22-,24+,26-,27-,28+;/m1./s1/i3D;. The van der Waals surface area contributed by atoms with Crippen LogP contribution in [-0.4, -0.2) is 76.7 Å². The summed E-state index contributed by atoms with van der Waals surface area (Å²) in [5.74, 6) is -2.78. The predicted molar refractivity (Wildman–Crippen MR) is 177 cm³/mol. The molecule has 3 N–H and O–H groups in total. The normalized spacial score (nSPS) is 18.5. The number of hydrogen-bond donors (Lipinski definition) is 3. The third kappa shape index (κ3) is 11.0. The van der Waals surface area contributed by atoms with Crippen molar-refractivity contribution in [1.82, 2.24) is 25.4 Å². The molecule has 1 saturated heterocycles. The number of para-hydroxylation sites is 1. The number of urea groups is 1. The summed E-state index contributed by atoms with van der Waals surface area (Å²) in [7, 11) is 1.26. The number of amides is 4. The van der Waals surface area contributed by atoms with Gasteiger partial charge in [0.25, 0.3) is 0 Å². The van der Waals surface area contributed by atoms with Crippen LogP contribution < -0.4 is 50.6 Å². The van der Waals surface area contributed by atoms with Crippen LogP contribution in [-0.2, 0) is 25.5 Å². The molecule has 3 rings (SSSR count). The number of likely N-dealkylation sites (tertiary alicyclic amines) is 1. The van der Waals surface area contributed by atoms with E-state index in [0.717, 1.165) is 19.3 Å². The van der Waals surface area contributed by atoms with Gasteiger partial charge in [-0.15, -0.1) is 0 Å². The molecule has 1 fully saturated rings. The van der Waals surface area contributed by atoms with Crippen molar-refractivity contribution in [3.63, 3.8) is 0 Å². The van der Waals surface area contributed by atoms with Crippen LogP contribution in [0.25, 0.3) is 10.9 Å². The Morgan fingerprint density at radius 2 is 1.69 bits per heavy atom. The van der Waals surface area contributed by atoms with Gasteiger partial charge in [0.15, 0.2) is 0 Å². The Morgan fingerprint density at radius 3 is 2.29 bits per heavy atom. The first kappa shape index (κ1) is 39.3. The van der Waals surface area contributed by atoms with Gasteiger partial charge in [0.1, 0.15) is 12.1 Å². The number of piperidine rings is 1. The number of aliphatic carboxylic acids is 1. The topological polar surface area (TPSA) is 162 Å². The van der Waals surface area contributed by atoms with Crippen molar-refractivity contribution in [3.8, 4) is 0 Å². The van der Waals surface area contributed by atoms with Crippen LogP contribution >= 0.6 is 0 Å². The van der Waals surface area contributed by atoms with Crippen LogP contribution in [0, 0.1) is 5.41 Å². The van der Waals surface area contributed by atoms with Crippen LogP contribution in [0.5, 0.6) is 0 Å². The van der Waals surface area contributed by atoms with E-state index in [1.54, 1.807) is 29.2 Å². The monoisotopic (exact) mass is 678 g/mol.